The molecular weight excluding hydrogens is 481 g/mol. The van der Waals surface area contributed by atoms with Crippen LogP contribution in [0.15, 0.2) is 35.7 Å². The number of esters is 1. The Bertz CT molecular complexity index is 1200. The number of ether oxygens (including phenoxy) is 3. The summed E-state index contributed by atoms with van der Waals surface area (Å²) in [7, 11) is 1.18. The molecule has 1 aliphatic rings. The number of hydrogen-bond acceptors (Lipinski definition) is 6. The van der Waals surface area contributed by atoms with Crippen LogP contribution in [0.2, 0.25) is 0 Å². The molecule has 0 aliphatic carbocycles. The first-order valence-electron chi connectivity index (χ1n) is 11.2. The van der Waals surface area contributed by atoms with Gasteiger partial charge < -0.3 is 14.2 Å². The molecule has 188 valence electrons. The van der Waals surface area contributed by atoms with Gasteiger partial charge in [-0.3, -0.25) is 4.68 Å². The number of nitrogens with zero attached hydrogens (tertiary/aromatic N) is 2. The maximum absolute atomic E-state index is 13.7. The number of carbonyl (C=O) groups is 1. The third-order valence-electron chi connectivity index (χ3n) is 5.41. The minimum Gasteiger partial charge on any atom is -0.493 e. The fourth-order valence-electron chi connectivity index (χ4n) is 4.09. The molecule has 1 atom stereocenters. The van der Waals surface area contributed by atoms with E-state index in [2.05, 4.69) is 5.10 Å². The molecule has 0 saturated carbocycles. The Balaban J connectivity index is 2.02. The molecule has 0 radical (unpaired) electrons. The van der Waals surface area contributed by atoms with Crippen LogP contribution >= 0.6 is 11.3 Å². The zero-order valence-corrected chi connectivity index (χ0v) is 20.8. The van der Waals surface area contributed by atoms with Crippen LogP contribution < -0.4 is 4.74 Å². The third-order valence-corrected chi connectivity index (χ3v) is 6.28. The lowest BCUT2D eigenvalue weighted by molar-refractivity contribution is -0.167. The van der Waals surface area contributed by atoms with Gasteiger partial charge in [-0.15, -0.1) is 11.3 Å². The summed E-state index contributed by atoms with van der Waals surface area (Å²) in [5.74, 6) is -0.0547. The Morgan fingerprint density at radius 3 is 2.66 bits per heavy atom. The van der Waals surface area contributed by atoms with Gasteiger partial charge in [0.15, 0.2) is 6.10 Å². The van der Waals surface area contributed by atoms with Gasteiger partial charge in [0.25, 0.3) is 0 Å². The van der Waals surface area contributed by atoms with Crippen LogP contribution in [0.1, 0.15) is 44.6 Å². The average molecular weight is 509 g/mol. The van der Waals surface area contributed by atoms with E-state index in [1.165, 1.54) is 18.4 Å². The molecule has 4 rings (SSSR count). The van der Waals surface area contributed by atoms with Crippen molar-refractivity contribution in [3.8, 4) is 27.4 Å². The van der Waals surface area contributed by atoms with Crippen molar-refractivity contribution in [2.75, 3.05) is 13.7 Å². The van der Waals surface area contributed by atoms with Crippen molar-refractivity contribution in [1.82, 2.24) is 9.78 Å². The van der Waals surface area contributed by atoms with Gasteiger partial charge in [0.05, 0.1) is 29.9 Å². The van der Waals surface area contributed by atoms with Crippen LogP contribution in [0.25, 0.3) is 21.7 Å². The molecule has 3 aromatic rings. The van der Waals surface area contributed by atoms with E-state index in [9.17, 15) is 18.0 Å². The highest BCUT2D eigenvalue weighted by molar-refractivity contribution is 7.13. The summed E-state index contributed by atoms with van der Waals surface area (Å²) in [6, 6.07) is 9.08. The van der Waals surface area contributed by atoms with Gasteiger partial charge in [-0.25, -0.2) is 4.79 Å². The van der Waals surface area contributed by atoms with E-state index in [1.807, 2.05) is 17.5 Å². The van der Waals surface area contributed by atoms with E-state index in [1.54, 1.807) is 39.0 Å². The molecule has 0 saturated heterocycles. The van der Waals surface area contributed by atoms with Gasteiger partial charge in [-0.2, -0.15) is 18.3 Å². The van der Waals surface area contributed by atoms with Crippen molar-refractivity contribution in [1.29, 1.82) is 0 Å². The Labute approximate surface area is 205 Å². The molecule has 6 nitrogen and oxygen atoms in total. The largest absolute Gasteiger partial charge is 0.493 e. The highest BCUT2D eigenvalue weighted by Gasteiger charge is 2.39. The van der Waals surface area contributed by atoms with Crippen LogP contribution in [0.5, 0.6) is 5.75 Å². The SMILES string of the molecule is COC(=O)C(OC(C)(C)C)c1c(-c2ccc3c(c2)CCCO3)c(-c2cccs2)nn1CC(F)(F)F. The molecule has 1 unspecified atom stereocenters. The zero-order valence-electron chi connectivity index (χ0n) is 19.9. The van der Waals surface area contributed by atoms with E-state index >= 15 is 0 Å². The summed E-state index contributed by atoms with van der Waals surface area (Å²) < 4.78 is 58.6. The average Bonchev–Trinajstić information content (AvgIpc) is 3.43. The monoisotopic (exact) mass is 508 g/mol. The number of hydrogen-bond donors (Lipinski definition) is 0. The summed E-state index contributed by atoms with van der Waals surface area (Å²) in [5, 5.41) is 6.21. The number of aryl methyl sites for hydroxylation is 1. The van der Waals surface area contributed by atoms with Gasteiger partial charge in [0.2, 0.25) is 0 Å². The minimum atomic E-state index is -4.57. The molecule has 1 aliphatic heterocycles. The summed E-state index contributed by atoms with van der Waals surface area (Å²) in [6.07, 6.45) is -4.38. The van der Waals surface area contributed by atoms with Crippen molar-refractivity contribution in [3.63, 3.8) is 0 Å². The highest BCUT2D eigenvalue weighted by atomic mass is 32.1. The summed E-state index contributed by atoms with van der Waals surface area (Å²) >= 11 is 1.35. The number of fused-ring (bicyclic) bond motifs is 1. The minimum absolute atomic E-state index is 0.00387. The van der Waals surface area contributed by atoms with Gasteiger partial charge in [0, 0.05) is 5.56 Å². The summed E-state index contributed by atoms with van der Waals surface area (Å²) in [4.78, 5) is 13.6. The topological polar surface area (TPSA) is 62.6 Å². The molecule has 10 heteroatoms. The number of benzene rings is 1. The Morgan fingerprint density at radius 1 is 1.26 bits per heavy atom. The molecule has 0 spiro atoms. The van der Waals surface area contributed by atoms with E-state index in [0.717, 1.165) is 28.8 Å². The van der Waals surface area contributed by atoms with Crippen LogP contribution in [0.3, 0.4) is 0 Å². The Morgan fingerprint density at radius 2 is 2.03 bits per heavy atom. The van der Waals surface area contributed by atoms with Crippen LogP contribution in [-0.2, 0) is 27.2 Å². The molecular formula is C25H27F3N2O4S. The zero-order chi connectivity index (χ0) is 25.4. The lowest BCUT2D eigenvalue weighted by Crippen LogP contribution is -2.31. The van der Waals surface area contributed by atoms with Crippen molar-refractivity contribution in [2.45, 2.75) is 58.0 Å². The van der Waals surface area contributed by atoms with Gasteiger partial charge in [-0.1, -0.05) is 12.1 Å². The molecule has 0 N–H and O–H groups in total. The number of carbonyl (C=O) groups excluding carboxylic acids is 1. The first-order chi connectivity index (χ1) is 16.5. The number of thiophene rings is 1. The highest BCUT2D eigenvalue weighted by Crippen LogP contribution is 2.43. The Hall–Kier alpha value is -2.85. The lowest BCUT2D eigenvalue weighted by Gasteiger charge is -2.27. The molecule has 3 heterocycles. The maximum atomic E-state index is 13.7. The van der Waals surface area contributed by atoms with Gasteiger partial charge in [0.1, 0.15) is 18.0 Å². The van der Waals surface area contributed by atoms with Gasteiger partial charge >= 0.3 is 12.1 Å². The second-order valence-electron chi connectivity index (χ2n) is 9.27. The number of rotatable bonds is 6. The molecule has 0 bridgehead atoms. The molecule has 1 aromatic carbocycles. The summed E-state index contributed by atoms with van der Waals surface area (Å²) in [6.45, 7) is 4.41. The fraction of sp³-hybridized carbons (Fsp3) is 0.440. The van der Waals surface area contributed by atoms with Crippen LogP contribution in [0.4, 0.5) is 13.2 Å². The second kappa shape index (κ2) is 9.66. The van der Waals surface area contributed by atoms with Crippen molar-refractivity contribution in [3.05, 3.63) is 47.0 Å². The maximum Gasteiger partial charge on any atom is 0.408 e. The normalized spacial score (nSPS) is 14.8. The quantitative estimate of drug-likeness (QED) is 0.371. The number of aromatic nitrogens is 2. The number of methoxy groups -OCH3 is 1. The first-order valence-corrected chi connectivity index (χ1v) is 12.1. The van der Waals surface area contributed by atoms with Crippen molar-refractivity contribution >= 4 is 17.3 Å². The van der Waals surface area contributed by atoms with Gasteiger partial charge in [-0.05, 0) is 68.3 Å². The first kappa shape index (κ1) is 25.2. The predicted octanol–water partition coefficient (Wildman–Crippen LogP) is 6.20. The van der Waals surface area contributed by atoms with E-state index < -0.39 is 30.4 Å². The number of halogens is 3. The molecule has 0 amide bonds. The third kappa shape index (κ3) is 5.70. The van der Waals surface area contributed by atoms with Crippen molar-refractivity contribution in [2.24, 2.45) is 0 Å². The molecule has 0 fully saturated rings. The molecule has 2 aromatic heterocycles. The fourth-order valence-corrected chi connectivity index (χ4v) is 4.81. The van der Waals surface area contributed by atoms with E-state index in [-0.39, 0.29) is 5.69 Å². The van der Waals surface area contributed by atoms with E-state index in [0.29, 0.717) is 28.3 Å². The van der Waals surface area contributed by atoms with Crippen molar-refractivity contribution < 1.29 is 32.2 Å². The summed E-state index contributed by atoms with van der Waals surface area (Å²) in [5.41, 5.74) is 1.49. The standard InChI is InChI=1S/C25H27F3N2O4S/c1-24(2,3)34-22(23(31)32-4)21-19(16-9-10-17-15(13-16)7-5-11-33-17)20(18-8-6-12-35-18)29-30(21)14-25(26,27)28/h6,8-10,12-13,22H,5,7,11,14H2,1-4H3. The van der Waals surface area contributed by atoms with Crippen LogP contribution in [0, 0.1) is 0 Å². The van der Waals surface area contributed by atoms with Crippen LogP contribution in [-0.4, -0.2) is 41.2 Å². The predicted molar refractivity (Wildman–Crippen MR) is 126 cm³/mol. The smallest absolute Gasteiger partial charge is 0.408 e. The van der Waals surface area contributed by atoms with E-state index in [4.69, 9.17) is 14.2 Å². The lowest BCUT2D eigenvalue weighted by atomic mass is 9.95. The molecule has 35 heavy (non-hydrogen) atoms. The number of alkyl halides is 3. The Kier molecular flexibility index (Phi) is 6.97. The second-order valence-corrected chi connectivity index (χ2v) is 10.2.